The van der Waals surface area contributed by atoms with Gasteiger partial charge in [-0.3, -0.25) is 14.9 Å². The van der Waals surface area contributed by atoms with Crippen molar-refractivity contribution < 1.29 is 18.4 Å². The van der Waals surface area contributed by atoms with Crippen LogP contribution in [0.3, 0.4) is 0 Å². The molecule has 5 heteroatoms. The van der Waals surface area contributed by atoms with Gasteiger partial charge in [-0.15, -0.1) is 0 Å². The highest BCUT2D eigenvalue weighted by Gasteiger charge is 2.48. The summed E-state index contributed by atoms with van der Waals surface area (Å²) in [5.41, 5.74) is 0. The molecule has 1 atom stereocenters. The van der Waals surface area contributed by atoms with Crippen molar-refractivity contribution in [3.8, 4) is 0 Å². The van der Waals surface area contributed by atoms with Gasteiger partial charge in [-0.25, -0.2) is 8.78 Å². The lowest BCUT2D eigenvalue weighted by Gasteiger charge is -2.34. The number of imide groups is 1. The predicted molar refractivity (Wildman–Crippen MR) is 64.1 cm³/mol. The van der Waals surface area contributed by atoms with Crippen LogP contribution in [0.4, 0.5) is 8.78 Å². The van der Waals surface area contributed by atoms with Crippen molar-refractivity contribution in [3.63, 3.8) is 0 Å². The Bertz CT molecular complexity index is 302. The van der Waals surface area contributed by atoms with E-state index in [2.05, 4.69) is 5.32 Å². The molecule has 3 nitrogen and oxygen atoms in total. The Hall–Kier alpha value is -1.00. The summed E-state index contributed by atoms with van der Waals surface area (Å²) in [5, 5.41) is 2.07. The number of amides is 2. The Labute approximate surface area is 106 Å². The van der Waals surface area contributed by atoms with Gasteiger partial charge in [-0.2, -0.15) is 0 Å². The van der Waals surface area contributed by atoms with Crippen molar-refractivity contribution >= 4 is 11.8 Å². The lowest BCUT2D eigenvalue weighted by molar-refractivity contribution is -0.153. The molecular formula is C13H21F2NO2. The third-order valence-corrected chi connectivity index (χ3v) is 3.63. The molecule has 2 amide bonds. The topological polar surface area (TPSA) is 46.2 Å². The highest BCUT2D eigenvalue weighted by atomic mass is 19.3. The van der Waals surface area contributed by atoms with E-state index in [0.29, 0.717) is 12.8 Å². The average Bonchev–Trinajstić information content (AvgIpc) is 2.28. The monoisotopic (exact) mass is 261 g/mol. The van der Waals surface area contributed by atoms with Crippen molar-refractivity contribution in [1.29, 1.82) is 0 Å². The fourth-order valence-corrected chi connectivity index (χ4v) is 2.50. The second kappa shape index (κ2) is 6.25. The molecule has 0 aromatic rings. The molecule has 0 saturated carbocycles. The first kappa shape index (κ1) is 15.1. The number of unbranched alkanes of at least 4 members (excludes halogenated alkanes) is 1. The first-order valence-corrected chi connectivity index (χ1v) is 6.62. The summed E-state index contributed by atoms with van der Waals surface area (Å²) in [6, 6.07) is 0. The van der Waals surface area contributed by atoms with E-state index in [1.807, 2.05) is 6.92 Å². The second-order valence-electron chi connectivity index (χ2n) is 5.00. The summed E-state index contributed by atoms with van der Waals surface area (Å²) in [6.45, 7) is 3.70. The average molecular weight is 261 g/mol. The van der Waals surface area contributed by atoms with Gasteiger partial charge in [0.1, 0.15) is 0 Å². The van der Waals surface area contributed by atoms with Crippen LogP contribution in [0.1, 0.15) is 52.4 Å². The van der Waals surface area contributed by atoms with Gasteiger partial charge in [-0.1, -0.05) is 26.7 Å². The van der Waals surface area contributed by atoms with Gasteiger partial charge in [0.15, 0.2) is 0 Å². The van der Waals surface area contributed by atoms with Crippen molar-refractivity contribution in [2.45, 2.75) is 58.3 Å². The van der Waals surface area contributed by atoms with Gasteiger partial charge in [0.25, 0.3) is 5.92 Å². The fourth-order valence-electron chi connectivity index (χ4n) is 2.50. The predicted octanol–water partition coefficient (Wildman–Crippen LogP) is 2.89. The highest BCUT2D eigenvalue weighted by Crippen LogP contribution is 2.41. The summed E-state index contributed by atoms with van der Waals surface area (Å²) in [5.74, 6) is -5.97. The molecular weight excluding hydrogens is 240 g/mol. The minimum absolute atomic E-state index is 0.249. The Morgan fingerprint density at radius 1 is 1.28 bits per heavy atom. The Morgan fingerprint density at radius 2 is 1.83 bits per heavy atom. The summed E-state index contributed by atoms with van der Waals surface area (Å²) in [7, 11) is 0. The van der Waals surface area contributed by atoms with Gasteiger partial charge in [0.2, 0.25) is 11.8 Å². The van der Waals surface area contributed by atoms with Crippen LogP contribution in [0, 0.1) is 11.8 Å². The number of alkyl halides is 2. The van der Waals surface area contributed by atoms with Gasteiger partial charge in [0.05, 0.1) is 0 Å². The zero-order valence-corrected chi connectivity index (χ0v) is 11.0. The van der Waals surface area contributed by atoms with Crippen LogP contribution in [0.15, 0.2) is 0 Å². The first-order chi connectivity index (χ1) is 8.41. The number of hydrogen-bond acceptors (Lipinski definition) is 2. The number of carbonyl (C=O) groups excluding carboxylic acids is 2. The molecule has 1 saturated heterocycles. The van der Waals surface area contributed by atoms with E-state index >= 15 is 0 Å². The molecule has 1 aliphatic heterocycles. The molecule has 1 unspecified atom stereocenters. The van der Waals surface area contributed by atoms with E-state index in [1.165, 1.54) is 0 Å². The third kappa shape index (κ3) is 3.50. The molecule has 0 aromatic carbocycles. The number of halogens is 2. The molecule has 1 rings (SSSR count). The van der Waals surface area contributed by atoms with Crippen molar-refractivity contribution in [1.82, 2.24) is 5.32 Å². The van der Waals surface area contributed by atoms with E-state index < -0.39 is 29.6 Å². The van der Waals surface area contributed by atoms with Crippen molar-refractivity contribution in [3.05, 3.63) is 0 Å². The van der Waals surface area contributed by atoms with Gasteiger partial charge in [-0.05, 0) is 12.8 Å². The molecule has 0 radical (unpaired) electrons. The lowest BCUT2D eigenvalue weighted by atomic mass is 9.80. The van der Waals surface area contributed by atoms with E-state index in [-0.39, 0.29) is 12.8 Å². The van der Waals surface area contributed by atoms with Crippen LogP contribution in [0.2, 0.25) is 0 Å². The third-order valence-electron chi connectivity index (χ3n) is 3.63. The zero-order chi connectivity index (χ0) is 13.8. The maximum Gasteiger partial charge on any atom is 0.254 e. The second-order valence-corrected chi connectivity index (χ2v) is 5.00. The van der Waals surface area contributed by atoms with Gasteiger partial charge in [0, 0.05) is 24.7 Å². The molecule has 1 fully saturated rings. The normalized spacial score (nSPS) is 19.8. The SMILES string of the molecule is CCCCC(CC)C(F)(F)C1CC(=O)NC(=O)C1. The summed E-state index contributed by atoms with van der Waals surface area (Å²) in [6.07, 6.45) is 1.95. The molecule has 0 spiro atoms. The highest BCUT2D eigenvalue weighted by molar-refractivity contribution is 5.97. The number of hydrogen-bond donors (Lipinski definition) is 1. The summed E-state index contributed by atoms with van der Waals surface area (Å²) >= 11 is 0. The molecule has 0 aliphatic carbocycles. The van der Waals surface area contributed by atoms with Crippen LogP contribution < -0.4 is 5.32 Å². The summed E-state index contributed by atoms with van der Waals surface area (Å²) in [4.78, 5) is 22.4. The molecule has 0 bridgehead atoms. The quantitative estimate of drug-likeness (QED) is 0.747. The minimum atomic E-state index is -2.93. The Morgan fingerprint density at radius 3 is 2.28 bits per heavy atom. The smallest absolute Gasteiger partial charge is 0.254 e. The number of nitrogens with one attached hydrogen (secondary N) is 1. The standard InChI is InChI=1S/C13H21F2NO2/c1-3-5-6-9(4-2)13(14,15)10-7-11(17)16-12(18)8-10/h9-10H,3-8H2,1-2H3,(H,16,17,18). The summed E-state index contributed by atoms with van der Waals surface area (Å²) < 4.78 is 28.6. The molecule has 1 N–H and O–H groups in total. The van der Waals surface area contributed by atoms with Crippen molar-refractivity contribution in [2.24, 2.45) is 11.8 Å². The molecule has 0 aromatic heterocycles. The van der Waals surface area contributed by atoms with Crippen LogP contribution >= 0.6 is 0 Å². The Kier molecular flexibility index (Phi) is 5.23. The first-order valence-electron chi connectivity index (χ1n) is 6.62. The number of carbonyl (C=O) groups is 2. The van der Waals surface area contributed by atoms with E-state index in [0.717, 1.165) is 12.8 Å². The maximum absolute atomic E-state index is 14.3. The van der Waals surface area contributed by atoms with Crippen LogP contribution in [-0.2, 0) is 9.59 Å². The molecule has 1 aliphatic rings. The minimum Gasteiger partial charge on any atom is -0.296 e. The van der Waals surface area contributed by atoms with Crippen molar-refractivity contribution in [2.75, 3.05) is 0 Å². The van der Waals surface area contributed by atoms with Gasteiger partial charge >= 0.3 is 0 Å². The molecule has 104 valence electrons. The van der Waals surface area contributed by atoms with Crippen LogP contribution in [0.25, 0.3) is 0 Å². The largest absolute Gasteiger partial charge is 0.296 e. The number of rotatable bonds is 6. The van der Waals surface area contributed by atoms with Crippen LogP contribution in [0.5, 0.6) is 0 Å². The van der Waals surface area contributed by atoms with Gasteiger partial charge < -0.3 is 0 Å². The molecule has 18 heavy (non-hydrogen) atoms. The molecule has 1 heterocycles. The van der Waals surface area contributed by atoms with Crippen LogP contribution in [-0.4, -0.2) is 17.7 Å². The lowest BCUT2D eigenvalue weighted by Crippen LogP contribution is -2.47. The fraction of sp³-hybridized carbons (Fsp3) is 0.846. The maximum atomic E-state index is 14.3. The van der Waals surface area contributed by atoms with E-state index in [9.17, 15) is 18.4 Å². The van der Waals surface area contributed by atoms with E-state index in [4.69, 9.17) is 0 Å². The Balaban J connectivity index is 2.75. The number of piperidine rings is 1. The van der Waals surface area contributed by atoms with E-state index in [1.54, 1.807) is 6.92 Å². The zero-order valence-electron chi connectivity index (χ0n) is 11.0.